The standard InChI is InChI=1S/C15H21N3O2S/c1-4-5-16-13(14-8-12(19-2)9-21-14)6-11-7-15(20-3)18-10-17-11/h7-10,13,16H,4-6H2,1-3H3. The molecule has 21 heavy (non-hydrogen) atoms. The molecule has 0 aliphatic rings. The van der Waals surface area contributed by atoms with E-state index < -0.39 is 0 Å². The van der Waals surface area contributed by atoms with E-state index in [-0.39, 0.29) is 6.04 Å². The first kappa shape index (κ1) is 15.7. The first-order chi connectivity index (χ1) is 10.3. The van der Waals surface area contributed by atoms with E-state index in [1.807, 2.05) is 11.4 Å². The lowest BCUT2D eigenvalue weighted by molar-refractivity contribution is 0.395. The highest BCUT2D eigenvalue weighted by atomic mass is 32.1. The molecule has 1 atom stereocenters. The van der Waals surface area contributed by atoms with Gasteiger partial charge in [0.05, 0.1) is 14.2 Å². The maximum Gasteiger partial charge on any atom is 0.216 e. The third-order valence-electron chi connectivity index (χ3n) is 3.14. The molecule has 0 bridgehead atoms. The van der Waals surface area contributed by atoms with E-state index >= 15 is 0 Å². The van der Waals surface area contributed by atoms with Crippen LogP contribution in [0.5, 0.6) is 11.6 Å². The SMILES string of the molecule is CCCNC(Cc1cc(OC)ncn1)c1cc(OC)cs1. The topological polar surface area (TPSA) is 56.3 Å². The summed E-state index contributed by atoms with van der Waals surface area (Å²) in [6, 6.07) is 4.18. The molecule has 5 nitrogen and oxygen atoms in total. The second-order valence-electron chi connectivity index (χ2n) is 4.65. The Morgan fingerprint density at radius 2 is 2.10 bits per heavy atom. The number of hydrogen-bond acceptors (Lipinski definition) is 6. The highest BCUT2D eigenvalue weighted by Crippen LogP contribution is 2.29. The first-order valence-electron chi connectivity index (χ1n) is 6.97. The second kappa shape index (κ2) is 7.95. The Morgan fingerprint density at radius 1 is 1.24 bits per heavy atom. The molecule has 0 fully saturated rings. The summed E-state index contributed by atoms with van der Waals surface area (Å²) in [7, 11) is 3.30. The van der Waals surface area contributed by atoms with Crippen molar-refractivity contribution in [2.45, 2.75) is 25.8 Å². The van der Waals surface area contributed by atoms with Gasteiger partial charge in [-0.15, -0.1) is 11.3 Å². The molecule has 0 amide bonds. The molecule has 0 aromatic carbocycles. The summed E-state index contributed by atoms with van der Waals surface area (Å²) in [5.41, 5.74) is 0.961. The average molecular weight is 307 g/mol. The van der Waals surface area contributed by atoms with Crippen LogP contribution in [0.15, 0.2) is 23.8 Å². The third kappa shape index (κ3) is 4.41. The fourth-order valence-corrected chi connectivity index (χ4v) is 2.96. The summed E-state index contributed by atoms with van der Waals surface area (Å²) >= 11 is 1.70. The number of methoxy groups -OCH3 is 2. The smallest absolute Gasteiger partial charge is 0.216 e. The van der Waals surface area contributed by atoms with Gasteiger partial charge in [0.15, 0.2) is 0 Å². The number of aromatic nitrogens is 2. The minimum Gasteiger partial charge on any atom is -0.496 e. The van der Waals surface area contributed by atoms with Gasteiger partial charge in [-0.25, -0.2) is 9.97 Å². The van der Waals surface area contributed by atoms with Crippen LogP contribution in [0.1, 0.15) is 30.0 Å². The Kier molecular flexibility index (Phi) is 5.95. The van der Waals surface area contributed by atoms with Gasteiger partial charge in [0.1, 0.15) is 12.1 Å². The van der Waals surface area contributed by atoms with Crippen LogP contribution in [0.2, 0.25) is 0 Å². The van der Waals surface area contributed by atoms with Gasteiger partial charge in [0.2, 0.25) is 5.88 Å². The number of nitrogens with zero attached hydrogens (tertiary/aromatic N) is 2. The normalized spacial score (nSPS) is 12.1. The zero-order chi connectivity index (χ0) is 15.1. The van der Waals surface area contributed by atoms with Gasteiger partial charge >= 0.3 is 0 Å². The van der Waals surface area contributed by atoms with Gasteiger partial charge in [-0.3, -0.25) is 0 Å². The van der Waals surface area contributed by atoms with Gasteiger partial charge in [-0.2, -0.15) is 0 Å². The van der Waals surface area contributed by atoms with E-state index in [2.05, 4.69) is 28.3 Å². The number of rotatable bonds is 8. The molecular weight excluding hydrogens is 286 g/mol. The van der Waals surface area contributed by atoms with E-state index in [9.17, 15) is 0 Å². The molecule has 2 heterocycles. The molecule has 0 aliphatic heterocycles. The summed E-state index contributed by atoms with van der Waals surface area (Å²) in [5, 5.41) is 5.59. The Balaban J connectivity index is 2.15. The second-order valence-corrected chi connectivity index (χ2v) is 5.59. The van der Waals surface area contributed by atoms with E-state index in [1.165, 1.54) is 4.88 Å². The number of hydrogen-bond donors (Lipinski definition) is 1. The number of thiophene rings is 1. The summed E-state index contributed by atoms with van der Waals surface area (Å²) in [6.07, 6.45) is 3.43. The molecule has 1 unspecified atom stereocenters. The van der Waals surface area contributed by atoms with Crippen LogP contribution in [-0.4, -0.2) is 30.7 Å². The van der Waals surface area contributed by atoms with Crippen LogP contribution in [0.25, 0.3) is 0 Å². The van der Waals surface area contributed by atoms with Crippen molar-refractivity contribution in [3.63, 3.8) is 0 Å². The van der Waals surface area contributed by atoms with Crippen LogP contribution in [-0.2, 0) is 6.42 Å². The average Bonchev–Trinajstić information content (AvgIpc) is 3.00. The lowest BCUT2D eigenvalue weighted by Crippen LogP contribution is -2.23. The lowest BCUT2D eigenvalue weighted by Gasteiger charge is -2.16. The Morgan fingerprint density at radius 3 is 2.76 bits per heavy atom. The fourth-order valence-electron chi connectivity index (χ4n) is 2.03. The molecule has 114 valence electrons. The van der Waals surface area contributed by atoms with Crippen LogP contribution in [0, 0.1) is 0 Å². The molecule has 2 rings (SSSR count). The zero-order valence-corrected chi connectivity index (χ0v) is 13.4. The molecule has 1 N–H and O–H groups in total. The van der Waals surface area contributed by atoms with Crippen LogP contribution in [0.4, 0.5) is 0 Å². The van der Waals surface area contributed by atoms with Crippen LogP contribution in [0.3, 0.4) is 0 Å². The van der Waals surface area contributed by atoms with Gasteiger partial charge in [0.25, 0.3) is 0 Å². The molecular formula is C15H21N3O2S. The summed E-state index contributed by atoms with van der Waals surface area (Å²) in [4.78, 5) is 9.62. The van der Waals surface area contributed by atoms with Gasteiger partial charge in [0, 0.05) is 34.5 Å². The summed E-state index contributed by atoms with van der Waals surface area (Å²) < 4.78 is 10.4. The molecule has 2 aromatic rings. The van der Waals surface area contributed by atoms with Gasteiger partial charge in [-0.05, 0) is 19.0 Å². The quantitative estimate of drug-likeness (QED) is 0.812. The van der Waals surface area contributed by atoms with Crippen molar-refractivity contribution in [3.05, 3.63) is 34.4 Å². The molecule has 6 heteroatoms. The maximum absolute atomic E-state index is 5.27. The van der Waals surface area contributed by atoms with E-state index in [4.69, 9.17) is 9.47 Å². The monoisotopic (exact) mass is 307 g/mol. The molecule has 0 saturated heterocycles. The molecule has 0 aliphatic carbocycles. The largest absolute Gasteiger partial charge is 0.496 e. The van der Waals surface area contributed by atoms with Crippen molar-refractivity contribution in [2.24, 2.45) is 0 Å². The van der Waals surface area contributed by atoms with E-state index in [0.717, 1.165) is 30.8 Å². The number of nitrogens with one attached hydrogen (secondary N) is 1. The zero-order valence-electron chi connectivity index (χ0n) is 12.6. The van der Waals surface area contributed by atoms with Crippen molar-refractivity contribution >= 4 is 11.3 Å². The molecule has 0 radical (unpaired) electrons. The highest BCUT2D eigenvalue weighted by Gasteiger charge is 2.15. The molecule has 0 spiro atoms. The van der Waals surface area contributed by atoms with Crippen LogP contribution >= 0.6 is 11.3 Å². The maximum atomic E-state index is 5.27. The Labute approximate surface area is 129 Å². The van der Waals surface area contributed by atoms with Crippen molar-refractivity contribution in [3.8, 4) is 11.6 Å². The first-order valence-corrected chi connectivity index (χ1v) is 7.85. The predicted molar refractivity (Wildman–Crippen MR) is 84.2 cm³/mol. The number of ether oxygens (including phenoxy) is 2. The highest BCUT2D eigenvalue weighted by molar-refractivity contribution is 7.10. The lowest BCUT2D eigenvalue weighted by atomic mass is 10.1. The Bertz CT molecular complexity index is 559. The summed E-state index contributed by atoms with van der Waals surface area (Å²) in [6.45, 7) is 3.12. The molecule has 0 saturated carbocycles. The third-order valence-corrected chi connectivity index (χ3v) is 4.16. The van der Waals surface area contributed by atoms with Gasteiger partial charge < -0.3 is 14.8 Å². The van der Waals surface area contributed by atoms with E-state index in [0.29, 0.717) is 5.88 Å². The fraction of sp³-hybridized carbons (Fsp3) is 0.467. The van der Waals surface area contributed by atoms with Gasteiger partial charge in [-0.1, -0.05) is 6.92 Å². The van der Waals surface area contributed by atoms with Crippen molar-refractivity contribution in [1.82, 2.24) is 15.3 Å². The van der Waals surface area contributed by atoms with Crippen molar-refractivity contribution in [1.29, 1.82) is 0 Å². The minimum absolute atomic E-state index is 0.221. The Hall–Kier alpha value is -1.66. The minimum atomic E-state index is 0.221. The van der Waals surface area contributed by atoms with Crippen molar-refractivity contribution in [2.75, 3.05) is 20.8 Å². The van der Waals surface area contributed by atoms with E-state index in [1.54, 1.807) is 31.9 Å². The summed E-state index contributed by atoms with van der Waals surface area (Å²) in [5.74, 6) is 1.50. The predicted octanol–water partition coefficient (Wildman–Crippen LogP) is 2.84. The molecule has 2 aromatic heterocycles. The van der Waals surface area contributed by atoms with Crippen LogP contribution < -0.4 is 14.8 Å². The van der Waals surface area contributed by atoms with Crippen molar-refractivity contribution < 1.29 is 9.47 Å².